The molecule has 0 aliphatic heterocycles. The van der Waals surface area contributed by atoms with Crippen LogP contribution in [0.2, 0.25) is 0 Å². The molecule has 2 rings (SSSR count). The summed E-state index contributed by atoms with van der Waals surface area (Å²) in [6.07, 6.45) is 1.41. The van der Waals surface area contributed by atoms with Crippen LogP contribution in [-0.2, 0) is 0 Å². The maximum atomic E-state index is 11.9. The van der Waals surface area contributed by atoms with E-state index in [1.165, 1.54) is 6.20 Å². The minimum atomic E-state index is -0.257. The summed E-state index contributed by atoms with van der Waals surface area (Å²) in [7, 11) is 0. The molecule has 0 aliphatic rings. The first kappa shape index (κ1) is 12.2. The number of aromatic nitrogens is 2. The maximum Gasteiger partial charge on any atom is 0.257 e. The lowest BCUT2D eigenvalue weighted by molar-refractivity contribution is 0.0940. The van der Waals surface area contributed by atoms with Gasteiger partial charge in [-0.15, -0.1) is 0 Å². The van der Waals surface area contributed by atoms with E-state index in [9.17, 15) is 4.79 Å². The smallest absolute Gasteiger partial charge is 0.257 e. The minimum absolute atomic E-state index is 0.149. The summed E-state index contributed by atoms with van der Waals surface area (Å²) in [6, 6.07) is 1.77. The van der Waals surface area contributed by atoms with E-state index < -0.39 is 0 Å². The van der Waals surface area contributed by atoms with Gasteiger partial charge < -0.3 is 15.5 Å². The molecular formula is C12H16N4O2. The number of rotatable bonds is 3. The van der Waals surface area contributed by atoms with Gasteiger partial charge in [-0.3, -0.25) is 9.89 Å². The van der Waals surface area contributed by atoms with E-state index in [4.69, 9.17) is 10.2 Å². The number of nitrogen functional groups attached to an aromatic ring is 1. The van der Waals surface area contributed by atoms with Crippen LogP contribution in [0.5, 0.6) is 0 Å². The molecule has 0 aliphatic carbocycles. The number of nitrogens with two attached hydrogens (primary N) is 1. The minimum Gasteiger partial charge on any atom is -0.466 e. The van der Waals surface area contributed by atoms with E-state index in [1.807, 2.05) is 26.8 Å². The van der Waals surface area contributed by atoms with Crippen molar-refractivity contribution < 1.29 is 9.21 Å². The second kappa shape index (κ2) is 4.56. The number of anilines is 1. The van der Waals surface area contributed by atoms with Crippen LogP contribution in [0.4, 0.5) is 5.82 Å². The molecule has 2 aromatic rings. The van der Waals surface area contributed by atoms with Gasteiger partial charge in [-0.25, -0.2) is 0 Å². The summed E-state index contributed by atoms with van der Waals surface area (Å²) in [4.78, 5) is 11.9. The third-order valence-electron chi connectivity index (χ3n) is 2.81. The average molecular weight is 248 g/mol. The number of aryl methyl sites for hydroxylation is 2. The Labute approximate surface area is 105 Å². The van der Waals surface area contributed by atoms with E-state index in [0.29, 0.717) is 5.56 Å². The zero-order valence-corrected chi connectivity index (χ0v) is 10.6. The molecule has 1 amide bonds. The molecule has 0 radical (unpaired) electrons. The summed E-state index contributed by atoms with van der Waals surface area (Å²) in [5.41, 5.74) is 6.90. The van der Waals surface area contributed by atoms with Crippen LogP contribution in [0.3, 0.4) is 0 Å². The van der Waals surface area contributed by atoms with Crippen LogP contribution in [0, 0.1) is 13.8 Å². The molecule has 2 aromatic heterocycles. The Bertz CT molecular complexity index is 570. The van der Waals surface area contributed by atoms with Gasteiger partial charge in [0.2, 0.25) is 0 Å². The third kappa shape index (κ3) is 2.22. The molecule has 18 heavy (non-hydrogen) atoms. The Morgan fingerprint density at radius 2 is 2.28 bits per heavy atom. The highest BCUT2D eigenvalue weighted by Crippen LogP contribution is 2.21. The molecule has 0 aromatic carbocycles. The molecule has 0 bridgehead atoms. The largest absolute Gasteiger partial charge is 0.466 e. The predicted octanol–water partition coefficient (Wildman–Crippen LogP) is 1.69. The first-order chi connectivity index (χ1) is 8.49. The third-order valence-corrected chi connectivity index (χ3v) is 2.81. The zero-order valence-electron chi connectivity index (χ0n) is 10.6. The van der Waals surface area contributed by atoms with Gasteiger partial charge in [0.1, 0.15) is 22.9 Å². The number of hydrogen-bond donors (Lipinski definition) is 3. The van der Waals surface area contributed by atoms with Crippen molar-refractivity contribution >= 4 is 11.7 Å². The maximum absolute atomic E-state index is 11.9. The van der Waals surface area contributed by atoms with Gasteiger partial charge in [0.25, 0.3) is 5.91 Å². The fourth-order valence-corrected chi connectivity index (χ4v) is 1.91. The number of carbonyl (C=O) groups is 1. The van der Waals surface area contributed by atoms with Crippen molar-refractivity contribution in [2.75, 3.05) is 5.73 Å². The fraction of sp³-hybridized carbons (Fsp3) is 0.333. The molecule has 1 atom stereocenters. The summed E-state index contributed by atoms with van der Waals surface area (Å²) in [5, 5.41) is 9.10. The number of H-pyrrole nitrogens is 1. The van der Waals surface area contributed by atoms with Crippen LogP contribution in [0.15, 0.2) is 16.7 Å². The van der Waals surface area contributed by atoms with E-state index in [0.717, 1.165) is 17.1 Å². The Hall–Kier alpha value is -2.24. The lowest BCUT2D eigenvalue weighted by Gasteiger charge is -2.12. The van der Waals surface area contributed by atoms with E-state index >= 15 is 0 Å². The second-order valence-corrected chi connectivity index (χ2v) is 4.26. The van der Waals surface area contributed by atoms with E-state index in [1.54, 1.807) is 0 Å². The standard InChI is InChI=1S/C12H16N4O2/c1-6-4-9(8(3)18-6)7(2)15-12(17)10-5-14-16-11(10)13/h4-5,7H,1-3H3,(H,15,17)(H3,13,14,16). The number of nitrogens with zero attached hydrogens (tertiary/aromatic N) is 1. The normalized spacial score (nSPS) is 12.4. The van der Waals surface area contributed by atoms with Crippen LogP contribution >= 0.6 is 0 Å². The average Bonchev–Trinajstić information content (AvgIpc) is 2.84. The lowest BCUT2D eigenvalue weighted by atomic mass is 10.1. The fourth-order valence-electron chi connectivity index (χ4n) is 1.91. The van der Waals surface area contributed by atoms with Gasteiger partial charge in [0.15, 0.2) is 0 Å². The molecule has 0 saturated carbocycles. The zero-order chi connectivity index (χ0) is 13.3. The number of carbonyl (C=O) groups excluding carboxylic acids is 1. The lowest BCUT2D eigenvalue weighted by Crippen LogP contribution is -2.27. The Kier molecular flexibility index (Phi) is 3.10. The Balaban J connectivity index is 2.13. The van der Waals surface area contributed by atoms with Crippen molar-refractivity contribution in [2.45, 2.75) is 26.8 Å². The topological polar surface area (TPSA) is 96.9 Å². The number of nitrogens with one attached hydrogen (secondary N) is 2. The molecule has 0 spiro atoms. The number of aromatic amines is 1. The highest BCUT2D eigenvalue weighted by Gasteiger charge is 2.18. The molecule has 2 heterocycles. The molecule has 96 valence electrons. The number of amides is 1. The monoisotopic (exact) mass is 248 g/mol. The predicted molar refractivity (Wildman–Crippen MR) is 67.1 cm³/mol. The van der Waals surface area contributed by atoms with Crippen LogP contribution in [0.1, 0.15) is 40.4 Å². The quantitative estimate of drug-likeness (QED) is 0.770. The first-order valence-electron chi connectivity index (χ1n) is 5.65. The highest BCUT2D eigenvalue weighted by molar-refractivity contribution is 5.98. The summed E-state index contributed by atoms with van der Waals surface area (Å²) >= 11 is 0. The summed E-state index contributed by atoms with van der Waals surface area (Å²) in [5.74, 6) is 1.64. The number of furan rings is 1. The SMILES string of the molecule is Cc1cc(C(C)NC(=O)c2cn[nH]c2N)c(C)o1. The molecule has 1 unspecified atom stereocenters. The first-order valence-corrected chi connectivity index (χ1v) is 5.65. The Morgan fingerprint density at radius 3 is 2.78 bits per heavy atom. The molecule has 6 nitrogen and oxygen atoms in total. The molecule has 0 saturated heterocycles. The van der Waals surface area contributed by atoms with Crippen molar-refractivity contribution in [3.63, 3.8) is 0 Å². The van der Waals surface area contributed by atoms with E-state index in [2.05, 4.69) is 15.5 Å². The van der Waals surface area contributed by atoms with Gasteiger partial charge in [-0.1, -0.05) is 0 Å². The molecule has 0 fully saturated rings. The van der Waals surface area contributed by atoms with Gasteiger partial charge in [-0.2, -0.15) is 5.10 Å². The van der Waals surface area contributed by atoms with Gasteiger partial charge in [0.05, 0.1) is 12.2 Å². The molecule has 4 N–H and O–H groups in total. The number of hydrogen-bond acceptors (Lipinski definition) is 4. The van der Waals surface area contributed by atoms with Crippen LogP contribution in [-0.4, -0.2) is 16.1 Å². The molecule has 6 heteroatoms. The van der Waals surface area contributed by atoms with Crippen LogP contribution in [0.25, 0.3) is 0 Å². The highest BCUT2D eigenvalue weighted by atomic mass is 16.3. The van der Waals surface area contributed by atoms with Crippen molar-refractivity contribution in [2.24, 2.45) is 0 Å². The van der Waals surface area contributed by atoms with E-state index in [-0.39, 0.29) is 17.8 Å². The van der Waals surface area contributed by atoms with Gasteiger partial charge in [0, 0.05) is 5.56 Å². The second-order valence-electron chi connectivity index (χ2n) is 4.26. The summed E-state index contributed by atoms with van der Waals surface area (Å²) < 4.78 is 5.44. The van der Waals surface area contributed by atoms with Crippen molar-refractivity contribution in [1.82, 2.24) is 15.5 Å². The van der Waals surface area contributed by atoms with Crippen molar-refractivity contribution in [1.29, 1.82) is 0 Å². The molecular weight excluding hydrogens is 232 g/mol. The van der Waals surface area contributed by atoms with Gasteiger partial charge in [-0.05, 0) is 26.8 Å². The van der Waals surface area contributed by atoms with Crippen molar-refractivity contribution in [3.05, 3.63) is 34.9 Å². The van der Waals surface area contributed by atoms with Crippen LogP contribution < -0.4 is 11.1 Å². The summed E-state index contributed by atoms with van der Waals surface area (Å²) in [6.45, 7) is 5.64. The Morgan fingerprint density at radius 1 is 1.56 bits per heavy atom. The van der Waals surface area contributed by atoms with Crippen molar-refractivity contribution in [3.8, 4) is 0 Å². The van der Waals surface area contributed by atoms with Gasteiger partial charge >= 0.3 is 0 Å².